The van der Waals surface area contributed by atoms with Gasteiger partial charge < -0.3 is 24.8 Å². The predicted molar refractivity (Wildman–Crippen MR) is 102 cm³/mol. The van der Waals surface area contributed by atoms with Crippen molar-refractivity contribution < 1.29 is 14.2 Å². The van der Waals surface area contributed by atoms with E-state index in [2.05, 4.69) is 28.8 Å². The van der Waals surface area contributed by atoms with Gasteiger partial charge in [0, 0.05) is 36.5 Å². The molecule has 0 saturated carbocycles. The van der Waals surface area contributed by atoms with Crippen LogP contribution in [-0.2, 0) is 6.42 Å². The molecule has 1 aromatic rings. The summed E-state index contributed by atoms with van der Waals surface area (Å²) >= 11 is 1.79. The van der Waals surface area contributed by atoms with Gasteiger partial charge in [-0.3, -0.25) is 4.99 Å². The first-order valence-corrected chi connectivity index (χ1v) is 9.39. The van der Waals surface area contributed by atoms with Crippen molar-refractivity contribution in [3.05, 3.63) is 17.7 Å². The molecule has 0 fully saturated rings. The molecule has 1 rings (SSSR count). The molecule has 0 atom stereocenters. The topological polar surface area (TPSA) is 64.1 Å². The summed E-state index contributed by atoms with van der Waals surface area (Å²) in [6, 6.07) is 3.74. The van der Waals surface area contributed by atoms with Gasteiger partial charge in [-0.2, -0.15) is 11.8 Å². The van der Waals surface area contributed by atoms with Crippen molar-refractivity contribution >= 4 is 17.7 Å². The smallest absolute Gasteiger partial charge is 0.191 e. The van der Waals surface area contributed by atoms with Crippen LogP contribution in [0.2, 0.25) is 0 Å². The van der Waals surface area contributed by atoms with E-state index in [0.717, 1.165) is 54.8 Å². The third-order valence-electron chi connectivity index (χ3n) is 3.39. The van der Waals surface area contributed by atoms with Crippen LogP contribution in [0, 0.1) is 0 Å². The van der Waals surface area contributed by atoms with Gasteiger partial charge in [0.05, 0.1) is 27.9 Å². The second-order valence-electron chi connectivity index (χ2n) is 4.94. The molecule has 24 heavy (non-hydrogen) atoms. The van der Waals surface area contributed by atoms with Crippen molar-refractivity contribution in [3.63, 3.8) is 0 Å². The summed E-state index contributed by atoms with van der Waals surface area (Å²) in [7, 11) is 4.93. The zero-order valence-corrected chi connectivity index (χ0v) is 16.1. The third-order valence-corrected chi connectivity index (χ3v) is 3.98. The molecule has 0 aromatic heterocycles. The average molecular weight is 356 g/mol. The summed E-state index contributed by atoms with van der Waals surface area (Å²) in [5.41, 5.74) is 1.01. The lowest BCUT2D eigenvalue weighted by molar-refractivity contribution is 0.368. The molecule has 2 N–H and O–H groups in total. The number of ether oxygens (including phenoxy) is 3. The van der Waals surface area contributed by atoms with Gasteiger partial charge in [-0.05, 0) is 19.6 Å². The zero-order valence-electron chi connectivity index (χ0n) is 15.3. The molecule has 0 unspecified atom stereocenters. The SMILES string of the molecule is CCNC(=NCCSC)NCCc1c(OC)cc(OC)cc1OC. The highest BCUT2D eigenvalue weighted by molar-refractivity contribution is 7.98. The Morgan fingerprint density at radius 3 is 2.25 bits per heavy atom. The van der Waals surface area contributed by atoms with E-state index in [1.165, 1.54) is 0 Å². The number of rotatable bonds is 10. The van der Waals surface area contributed by atoms with Crippen molar-refractivity contribution in [2.24, 2.45) is 4.99 Å². The van der Waals surface area contributed by atoms with Crippen LogP contribution in [0.25, 0.3) is 0 Å². The Morgan fingerprint density at radius 1 is 1.08 bits per heavy atom. The first kappa shape index (κ1) is 20.3. The first-order valence-electron chi connectivity index (χ1n) is 8.00. The van der Waals surface area contributed by atoms with Gasteiger partial charge >= 0.3 is 0 Å². The number of thioether (sulfide) groups is 1. The number of hydrogen-bond acceptors (Lipinski definition) is 5. The Kier molecular flexibility index (Phi) is 9.91. The molecule has 0 amide bonds. The van der Waals surface area contributed by atoms with Crippen LogP contribution < -0.4 is 24.8 Å². The van der Waals surface area contributed by atoms with Crippen LogP contribution >= 0.6 is 11.8 Å². The number of hydrogen-bond donors (Lipinski definition) is 2. The van der Waals surface area contributed by atoms with Crippen LogP contribution in [0.4, 0.5) is 0 Å². The van der Waals surface area contributed by atoms with E-state index in [9.17, 15) is 0 Å². The van der Waals surface area contributed by atoms with E-state index < -0.39 is 0 Å². The highest BCUT2D eigenvalue weighted by atomic mass is 32.2. The number of methoxy groups -OCH3 is 3. The number of nitrogens with zero attached hydrogens (tertiary/aromatic N) is 1. The molecule has 0 aliphatic heterocycles. The molecule has 0 heterocycles. The van der Waals surface area contributed by atoms with Crippen LogP contribution in [0.5, 0.6) is 17.2 Å². The average Bonchev–Trinajstić information content (AvgIpc) is 2.61. The fourth-order valence-corrected chi connectivity index (χ4v) is 2.49. The lowest BCUT2D eigenvalue weighted by atomic mass is 10.1. The van der Waals surface area contributed by atoms with Gasteiger partial charge in [0.25, 0.3) is 0 Å². The number of guanidine groups is 1. The third kappa shape index (κ3) is 6.39. The van der Waals surface area contributed by atoms with Crippen molar-refractivity contribution in [2.45, 2.75) is 13.3 Å². The first-order chi connectivity index (χ1) is 11.7. The van der Waals surface area contributed by atoms with E-state index in [0.29, 0.717) is 5.75 Å². The number of nitrogens with one attached hydrogen (secondary N) is 2. The Bertz CT molecular complexity index is 499. The predicted octanol–water partition coefficient (Wildman–Crippen LogP) is 2.17. The van der Waals surface area contributed by atoms with Gasteiger partial charge in [-0.15, -0.1) is 0 Å². The van der Waals surface area contributed by atoms with E-state index in [4.69, 9.17) is 14.2 Å². The molecule has 136 valence electrons. The van der Waals surface area contributed by atoms with Crippen molar-refractivity contribution in [3.8, 4) is 17.2 Å². The molecule has 0 spiro atoms. The van der Waals surface area contributed by atoms with Crippen LogP contribution in [-0.4, -0.2) is 58.9 Å². The van der Waals surface area contributed by atoms with E-state index in [1.807, 2.05) is 12.1 Å². The van der Waals surface area contributed by atoms with Gasteiger partial charge in [0.2, 0.25) is 0 Å². The van der Waals surface area contributed by atoms with E-state index in [-0.39, 0.29) is 0 Å². The lowest BCUT2D eigenvalue weighted by Crippen LogP contribution is -2.38. The number of aliphatic imine (C=N–C) groups is 1. The molecule has 0 radical (unpaired) electrons. The molecule has 7 heteroatoms. The minimum atomic E-state index is 0.715. The summed E-state index contributed by atoms with van der Waals surface area (Å²) in [5, 5.41) is 6.60. The van der Waals surface area contributed by atoms with Crippen molar-refractivity contribution in [1.29, 1.82) is 0 Å². The highest BCUT2D eigenvalue weighted by Crippen LogP contribution is 2.34. The Balaban J connectivity index is 2.76. The van der Waals surface area contributed by atoms with Crippen LogP contribution in [0.15, 0.2) is 17.1 Å². The minimum Gasteiger partial charge on any atom is -0.496 e. The summed E-state index contributed by atoms with van der Waals surface area (Å²) in [6.07, 6.45) is 2.83. The van der Waals surface area contributed by atoms with Gasteiger partial charge in [-0.1, -0.05) is 0 Å². The quantitative estimate of drug-likeness (QED) is 0.381. The van der Waals surface area contributed by atoms with Gasteiger partial charge in [0.15, 0.2) is 5.96 Å². The lowest BCUT2D eigenvalue weighted by Gasteiger charge is -2.16. The largest absolute Gasteiger partial charge is 0.496 e. The maximum absolute atomic E-state index is 5.48. The Morgan fingerprint density at radius 2 is 1.75 bits per heavy atom. The fraction of sp³-hybridized carbons (Fsp3) is 0.588. The fourth-order valence-electron chi connectivity index (χ4n) is 2.22. The summed E-state index contributed by atoms with van der Waals surface area (Å²) in [5.74, 6) is 4.08. The second-order valence-corrected chi connectivity index (χ2v) is 5.93. The summed E-state index contributed by atoms with van der Waals surface area (Å²) < 4.78 is 16.2. The van der Waals surface area contributed by atoms with Gasteiger partial charge in [0.1, 0.15) is 17.2 Å². The summed E-state index contributed by atoms with van der Waals surface area (Å²) in [4.78, 5) is 4.54. The molecular weight excluding hydrogens is 326 g/mol. The standard InChI is InChI=1S/C17H29N3O3S/c1-6-18-17(20-9-10-24-5)19-8-7-14-15(22-3)11-13(21-2)12-16(14)23-4/h11-12H,6-10H2,1-5H3,(H2,18,19,20). The highest BCUT2D eigenvalue weighted by Gasteiger charge is 2.13. The normalized spacial score (nSPS) is 11.1. The molecular formula is C17H29N3O3S. The van der Waals surface area contributed by atoms with Crippen LogP contribution in [0.1, 0.15) is 12.5 Å². The monoisotopic (exact) mass is 355 g/mol. The maximum Gasteiger partial charge on any atom is 0.191 e. The number of benzene rings is 1. The van der Waals surface area contributed by atoms with Gasteiger partial charge in [-0.25, -0.2) is 0 Å². The maximum atomic E-state index is 5.48. The summed E-state index contributed by atoms with van der Waals surface area (Å²) in [6.45, 7) is 4.41. The molecule has 1 aromatic carbocycles. The van der Waals surface area contributed by atoms with Crippen LogP contribution in [0.3, 0.4) is 0 Å². The molecule has 0 bridgehead atoms. The van der Waals surface area contributed by atoms with E-state index in [1.54, 1.807) is 33.1 Å². The molecule has 0 saturated heterocycles. The second kappa shape index (κ2) is 11.7. The molecule has 0 aliphatic rings. The molecule has 6 nitrogen and oxygen atoms in total. The Labute approximate surface area is 149 Å². The zero-order chi connectivity index (χ0) is 17.8. The van der Waals surface area contributed by atoms with Crippen molar-refractivity contribution in [2.75, 3.05) is 53.0 Å². The van der Waals surface area contributed by atoms with E-state index >= 15 is 0 Å². The Hall–Kier alpha value is -1.76. The minimum absolute atomic E-state index is 0.715. The van der Waals surface area contributed by atoms with Crippen molar-refractivity contribution in [1.82, 2.24) is 10.6 Å². The molecule has 0 aliphatic carbocycles.